The van der Waals surface area contributed by atoms with Gasteiger partial charge in [-0.15, -0.1) is 0 Å². The minimum atomic E-state index is -0.130. The zero-order valence-corrected chi connectivity index (χ0v) is 13.1. The van der Waals surface area contributed by atoms with Gasteiger partial charge >= 0.3 is 0 Å². The van der Waals surface area contributed by atoms with E-state index >= 15 is 0 Å². The van der Waals surface area contributed by atoms with Gasteiger partial charge in [0, 0.05) is 38.6 Å². The summed E-state index contributed by atoms with van der Waals surface area (Å²) in [6, 6.07) is 0. The Kier molecular flexibility index (Phi) is 4.87. The minimum Gasteiger partial charge on any atom is -0.376 e. The van der Waals surface area contributed by atoms with Crippen molar-refractivity contribution in [3.63, 3.8) is 0 Å². The summed E-state index contributed by atoms with van der Waals surface area (Å²) in [6.45, 7) is 5.59. The van der Waals surface area contributed by atoms with Crippen LogP contribution in [0.5, 0.6) is 0 Å². The summed E-state index contributed by atoms with van der Waals surface area (Å²) in [5.41, 5.74) is 0.506. The molecular formula is C16H24N4O2. The number of hydrogen-bond donors (Lipinski definition) is 1. The Morgan fingerprint density at radius 3 is 2.86 bits per heavy atom. The number of carbonyl (C=O) groups is 1. The quantitative estimate of drug-likeness (QED) is 0.915. The maximum Gasteiger partial charge on any atom is 0.254 e. The number of anilines is 1. The molecule has 2 unspecified atom stereocenters. The second-order valence-corrected chi connectivity index (χ2v) is 6.31. The maximum atomic E-state index is 12.1. The third-order valence-corrected chi connectivity index (χ3v) is 4.35. The van der Waals surface area contributed by atoms with E-state index in [2.05, 4.69) is 27.1 Å². The van der Waals surface area contributed by atoms with Crippen LogP contribution in [0.25, 0.3) is 0 Å². The summed E-state index contributed by atoms with van der Waals surface area (Å²) in [6.07, 6.45) is 7.92. The van der Waals surface area contributed by atoms with E-state index < -0.39 is 0 Å². The summed E-state index contributed by atoms with van der Waals surface area (Å²) in [5, 5.41) is 2.89. The topological polar surface area (TPSA) is 67.4 Å². The van der Waals surface area contributed by atoms with Crippen molar-refractivity contribution in [3.05, 3.63) is 18.0 Å². The zero-order chi connectivity index (χ0) is 15.4. The molecule has 120 valence electrons. The largest absolute Gasteiger partial charge is 0.376 e. The number of ether oxygens (including phenoxy) is 1. The molecule has 22 heavy (non-hydrogen) atoms. The molecule has 1 aromatic rings. The van der Waals surface area contributed by atoms with E-state index in [4.69, 9.17) is 4.74 Å². The Bertz CT molecular complexity index is 499. The first-order valence-electron chi connectivity index (χ1n) is 8.19. The molecule has 0 radical (unpaired) electrons. The highest BCUT2D eigenvalue weighted by atomic mass is 16.5. The molecule has 2 saturated heterocycles. The van der Waals surface area contributed by atoms with Crippen molar-refractivity contribution in [2.45, 2.75) is 38.7 Å². The summed E-state index contributed by atoms with van der Waals surface area (Å²) in [7, 11) is 0. The van der Waals surface area contributed by atoms with Crippen LogP contribution >= 0.6 is 0 Å². The van der Waals surface area contributed by atoms with E-state index in [1.54, 1.807) is 12.4 Å². The van der Waals surface area contributed by atoms with Crippen LogP contribution in [-0.2, 0) is 4.74 Å². The van der Waals surface area contributed by atoms with Gasteiger partial charge in [0.15, 0.2) is 0 Å². The Labute approximate surface area is 131 Å². The Morgan fingerprint density at radius 2 is 2.18 bits per heavy atom. The van der Waals surface area contributed by atoms with Crippen molar-refractivity contribution in [1.82, 2.24) is 15.3 Å². The van der Waals surface area contributed by atoms with Crippen LogP contribution in [0.1, 0.15) is 43.0 Å². The Hall–Kier alpha value is -1.69. The van der Waals surface area contributed by atoms with Crippen molar-refractivity contribution >= 4 is 11.9 Å². The third-order valence-electron chi connectivity index (χ3n) is 4.35. The average molecular weight is 304 g/mol. The van der Waals surface area contributed by atoms with Crippen LogP contribution in [0.4, 0.5) is 5.95 Å². The van der Waals surface area contributed by atoms with Crippen LogP contribution in [0, 0.1) is 5.92 Å². The highest BCUT2D eigenvalue weighted by Gasteiger charge is 2.20. The molecule has 0 saturated carbocycles. The number of rotatable bonds is 4. The fraction of sp³-hybridized carbons (Fsp3) is 0.688. The van der Waals surface area contributed by atoms with Gasteiger partial charge in [0.05, 0.1) is 11.7 Å². The molecule has 0 bridgehead atoms. The van der Waals surface area contributed by atoms with Crippen LogP contribution < -0.4 is 10.2 Å². The number of hydrogen-bond acceptors (Lipinski definition) is 5. The molecule has 0 spiro atoms. The molecule has 1 N–H and O–H groups in total. The van der Waals surface area contributed by atoms with Crippen molar-refractivity contribution < 1.29 is 9.53 Å². The van der Waals surface area contributed by atoms with Crippen molar-refractivity contribution in [2.24, 2.45) is 5.92 Å². The first-order chi connectivity index (χ1) is 10.7. The summed E-state index contributed by atoms with van der Waals surface area (Å²) in [4.78, 5) is 23.0. The Morgan fingerprint density at radius 1 is 1.36 bits per heavy atom. The van der Waals surface area contributed by atoms with Gasteiger partial charge in [0.2, 0.25) is 5.95 Å². The number of nitrogens with one attached hydrogen (secondary N) is 1. The van der Waals surface area contributed by atoms with E-state index in [-0.39, 0.29) is 12.0 Å². The molecule has 2 fully saturated rings. The number of carbonyl (C=O) groups excluding carboxylic acids is 1. The lowest BCUT2D eigenvalue weighted by Crippen LogP contribution is -2.35. The first-order valence-corrected chi connectivity index (χ1v) is 8.19. The van der Waals surface area contributed by atoms with Gasteiger partial charge in [-0.25, -0.2) is 9.97 Å². The summed E-state index contributed by atoms with van der Waals surface area (Å²) in [5.74, 6) is 1.27. The van der Waals surface area contributed by atoms with Crippen LogP contribution in [0.2, 0.25) is 0 Å². The van der Waals surface area contributed by atoms with Gasteiger partial charge in [-0.3, -0.25) is 4.79 Å². The zero-order valence-electron chi connectivity index (χ0n) is 13.1. The second kappa shape index (κ2) is 7.05. The van der Waals surface area contributed by atoms with Gasteiger partial charge in [-0.1, -0.05) is 6.92 Å². The monoisotopic (exact) mass is 304 g/mol. The van der Waals surface area contributed by atoms with E-state index in [0.717, 1.165) is 38.5 Å². The summed E-state index contributed by atoms with van der Waals surface area (Å²) < 4.78 is 5.50. The number of nitrogens with zero attached hydrogens (tertiary/aromatic N) is 3. The molecular weight excluding hydrogens is 280 g/mol. The van der Waals surface area contributed by atoms with Crippen LogP contribution in [0.15, 0.2) is 12.4 Å². The third kappa shape index (κ3) is 3.74. The minimum absolute atomic E-state index is 0.130. The molecule has 1 amide bonds. The van der Waals surface area contributed by atoms with E-state index in [9.17, 15) is 4.79 Å². The molecule has 2 atom stereocenters. The second-order valence-electron chi connectivity index (χ2n) is 6.31. The molecule has 6 heteroatoms. The average Bonchev–Trinajstić information content (AvgIpc) is 3.06. The highest BCUT2D eigenvalue weighted by Crippen LogP contribution is 2.19. The number of piperidine rings is 1. The van der Waals surface area contributed by atoms with E-state index in [1.807, 2.05) is 0 Å². The van der Waals surface area contributed by atoms with Crippen LogP contribution in [0.3, 0.4) is 0 Å². The molecule has 0 aliphatic carbocycles. The SMILES string of the molecule is CC1CCCN(c2ncc(C(=O)NCC3CCCO3)cn2)C1. The Balaban J connectivity index is 1.54. The maximum absolute atomic E-state index is 12.1. The predicted octanol–water partition coefficient (Wildman–Crippen LogP) is 1.62. The van der Waals surface area contributed by atoms with Gasteiger partial charge in [0.1, 0.15) is 0 Å². The summed E-state index contributed by atoms with van der Waals surface area (Å²) >= 11 is 0. The standard InChI is InChI=1S/C16H24N4O2/c1-12-4-2-6-20(11-12)16-18-8-13(9-19-16)15(21)17-10-14-5-3-7-22-14/h8-9,12,14H,2-7,10-11H2,1H3,(H,17,21). The number of amides is 1. The van der Waals surface area contributed by atoms with Crippen molar-refractivity contribution in [1.29, 1.82) is 0 Å². The van der Waals surface area contributed by atoms with Gasteiger partial charge in [0.25, 0.3) is 5.91 Å². The molecule has 2 aliphatic heterocycles. The molecule has 2 aliphatic rings. The molecule has 6 nitrogen and oxygen atoms in total. The predicted molar refractivity (Wildman–Crippen MR) is 84.0 cm³/mol. The molecule has 3 heterocycles. The fourth-order valence-corrected chi connectivity index (χ4v) is 3.09. The van der Waals surface area contributed by atoms with Gasteiger partial charge < -0.3 is 15.0 Å². The fourth-order valence-electron chi connectivity index (χ4n) is 3.09. The lowest BCUT2D eigenvalue weighted by molar-refractivity contribution is 0.0857. The van der Waals surface area contributed by atoms with Crippen molar-refractivity contribution in [3.8, 4) is 0 Å². The number of aromatic nitrogens is 2. The first kappa shape index (κ1) is 15.2. The smallest absolute Gasteiger partial charge is 0.254 e. The van der Waals surface area contributed by atoms with E-state index in [0.29, 0.717) is 18.0 Å². The van der Waals surface area contributed by atoms with E-state index in [1.165, 1.54) is 12.8 Å². The molecule has 3 rings (SSSR count). The molecule has 0 aromatic carbocycles. The van der Waals surface area contributed by atoms with Gasteiger partial charge in [-0.2, -0.15) is 0 Å². The lowest BCUT2D eigenvalue weighted by atomic mass is 10.0. The lowest BCUT2D eigenvalue weighted by Gasteiger charge is -2.30. The highest BCUT2D eigenvalue weighted by molar-refractivity contribution is 5.93. The van der Waals surface area contributed by atoms with Gasteiger partial charge in [-0.05, 0) is 31.6 Å². The van der Waals surface area contributed by atoms with Crippen molar-refractivity contribution in [2.75, 3.05) is 31.1 Å². The molecule has 1 aromatic heterocycles. The van der Waals surface area contributed by atoms with Crippen LogP contribution in [-0.4, -0.2) is 48.2 Å². The normalized spacial score (nSPS) is 25.2.